The molecule has 0 unspecified atom stereocenters. The number of hydrogen-bond acceptors (Lipinski definition) is 6. The van der Waals surface area contributed by atoms with Crippen molar-refractivity contribution in [2.45, 2.75) is 51.5 Å². The third kappa shape index (κ3) is 5.46. The number of esters is 1. The summed E-state index contributed by atoms with van der Waals surface area (Å²) in [6.07, 6.45) is 5.51. The van der Waals surface area contributed by atoms with Gasteiger partial charge >= 0.3 is 5.97 Å². The van der Waals surface area contributed by atoms with Crippen molar-refractivity contribution < 1.29 is 19.2 Å². The number of hydrogen-bond donors (Lipinski definition) is 1. The summed E-state index contributed by atoms with van der Waals surface area (Å²) in [6, 6.07) is 6.80. The number of carbonyl (C=O) groups is 2. The van der Waals surface area contributed by atoms with Crippen LogP contribution in [0.1, 0.15) is 45.4 Å². The minimum atomic E-state index is -0.387. The van der Waals surface area contributed by atoms with Gasteiger partial charge in [0.25, 0.3) is 11.6 Å². The number of carbonyl (C=O) groups excluding carboxylic acids is 2. The first-order valence-electron chi connectivity index (χ1n) is 10.4. The summed E-state index contributed by atoms with van der Waals surface area (Å²) in [5, 5.41) is 14.2. The molecule has 1 aromatic carbocycles. The van der Waals surface area contributed by atoms with Gasteiger partial charge in [-0.05, 0) is 37.7 Å². The highest BCUT2D eigenvalue weighted by Crippen LogP contribution is 2.31. The van der Waals surface area contributed by atoms with Crippen molar-refractivity contribution >= 4 is 23.3 Å². The Morgan fingerprint density at radius 2 is 1.86 bits per heavy atom. The quantitative estimate of drug-likeness (QED) is 0.445. The number of nitro benzene ring substituents is 1. The topological polar surface area (TPSA) is 102 Å². The predicted molar refractivity (Wildman–Crippen MR) is 109 cm³/mol. The first-order valence-corrected chi connectivity index (χ1v) is 10.4. The van der Waals surface area contributed by atoms with Crippen molar-refractivity contribution in [3.05, 3.63) is 34.4 Å². The van der Waals surface area contributed by atoms with E-state index in [2.05, 4.69) is 12.2 Å². The lowest BCUT2D eigenvalue weighted by atomic mass is 9.86. The molecule has 1 saturated heterocycles. The van der Waals surface area contributed by atoms with Crippen LogP contribution in [0.4, 0.5) is 11.4 Å². The van der Waals surface area contributed by atoms with Gasteiger partial charge in [-0.3, -0.25) is 19.7 Å². The van der Waals surface area contributed by atoms with Gasteiger partial charge in [-0.1, -0.05) is 31.9 Å². The fourth-order valence-corrected chi connectivity index (χ4v) is 4.28. The SMILES string of the molecule is C[C@@H]1CCCC[C@@H]1NC(=O)COC(=O)C1CCN(c2ccccc2[N+](=O)[O-])CC1. The summed E-state index contributed by atoms with van der Waals surface area (Å²) in [6.45, 7) is 2.97. The van der Waals surface area contributed by atoms with Gasteiger partial charge in [0.05, 0.1) is 10.8 Å². The smallest absolute Gasteiger partial charge is 0.309 e. The van der Waals surface area contributed by atoms with E-state index in [0.29, 0.717) is 37.5 Å². The second kappa shape index (κ2) is 9.71. The molecule has 2 aliphatic rings. The standard InChI is InChI=1S/C21H29N3O5/c1-15-6-2-3-7-17(15)22-20(25)14-29-21(26)16-10-12-23(13-11-16)18-8-4-5-9-19(18)24(27)28/h4-5,8-9,15-17H,2-3,6-7,10-14H2,1H3,(H,22,25)/t15-,17+/m1/s1. The molecule has 8 nitrogen and oxygen atoms in total. The van der Waals surface area contributed by atoms with Gasteiger partial charge in [-0.2, -0.15) is 0 Å². The van der Waals surface area contributed by atoms with Gasteiger partial charge < -0.3 is 15.0 Å². The summed E-state index contributed by atoms with van der Waals surface area (Å²) in [5.41, 5.74) is 0.646. The fraction of sp³-hybridized carbons (Fsp3) is 0.619. The molecular weight excluding hydrogens is 374 g/mol. The number of rotatable bonds is 6. The summed E-state index contributed by atoms with van der Waals surface area (Å²) >= 11 is 0. The van der Waals surface area contributed by atoms with Gasteiger partial charge in [0.1, 0.15) is 5.69 Å². The molecule has 29 heavy (non-hydrogen) atoms. The van der Waals surface area contributed by atoms with Crippen LogP contribution in [-0.2, 0) is 14.3 Å². The van der Waals surface area contributed by atoms with Gasteiger partial charge in [0.15, 0.2) is 6.61 Å². The number of nitro groups is 1. The highest BCUT2D eigenvalue weighted by atomic mass is 16.6. The normalized spacial score (nSPS) is 22.7. The zero-order valence-electron chi connectivity index (χ0n) is 16.8. The van der Waals surface area contributed by atoms with E-state index in [1.165, 1.54) is 12.5 Å². The van der Waals surface area contributed by atoms with Crippen LogP contribution in [0.3, 0.4) is 0 Å². The van der Waals surface area contributed by atoms with Crippen LogP contribution in [0, 0.1) is 22.0 Å². The van der Waals surface area contributed by atoms with E-state index in [0.717, 1.165) is 19.3 Å². The molecule has 1 aliphatic carbocycles. The molecule has 2 fully saturated rings. The van der Waals surface area contributed by atoms with Gasteiger partial charge in [0, 0.05) is 25.2 Å². The molecule has 158 valence electrons. The van der Waals surface area contributed by atoms with Gasteiger partial charge in [-0.25, -0.2) is 0 Å². The third-order valence-electron chi connectivity index (χ3n) is 6.05. The molecule has 8 heteroatoms. The summed E-state index contributed by atoms with van der Waals surface area (Å²) < 4.78 is 5.25. The number of piperidine rings is 1. The monoisotopic (exact) mass is 403 g/mol. The van der Waals surface area contributed by atoms with E-state index in [-0.39, 0.29) is 41.1 Å². The van der Waals surface area contributed by atoms with E-state index in [9.17, 15) is 19.7 Å². The summed E-state index contributed by atoms with van der Waals surface area (Å²) in [7, 11) is 0. The third-order valence-corrected chi connectivity index (χ3v) is 6.05. The Hall–Kier alpha value is -2.64. The number of para-hydroxylation sites is 2. The Labute approximate surface area is 170 Å². The number of ether oxygens (including phenoxy) is 1. The average molecular weight is 403 g/mol. The number of nitrogens with zero attached hydrogens (tertiary/aromatic N) is 2. The van der Waals surface area contributed by atoms with Crippen molar-refractivity contribution in [2.75, 3.05) is 24.6 Å². The lowest BCUT2D eigenvalue weighted by Gasteiger charge is -2.32. The molecule has 0 aromatic heterocycles. The molecule has 1 aliphatic heterocycles. The second-order valence-electron chi connectivity index (χ2n) is 8.05. The molecular formula is C21H29N3O5. The zero-order valence-corrected chi connectivity index (χ0v) is 16.8. The maximum Gasteiger partial charge on any atom is 0.309 e. The molecule has 1 amide bonds. The maximum absolute atomic E-state index is 12.3. The molecule has 1 saturated carbocycles. The minimum absolute atomic E-state index is 0.0714. The first kappa shape index (κ1) is 21.1. The molecule has 0 radical (unpaired) electrons. The minimum Gasteiger partial charge on any atom is -0.455 e. The first-order chi connectivity index (χ1) is 14.0. The molecule has 1 N–H and O–H groups in total. The zero-order chi connectivity index (χ0) is 20.8. The maximum atomic E-state index is 12.3. The van der Waals surface area contributed by atoms with E-state index in [4.69, 9.17) is 4.74 Å². The van der Waals surface area contributed by atoms with Crippen LogP contribution in [0.2, 0.25) is 0 Å². The highest BCUT2D eigenvalue weighted by Gasteiger charge is 2.30. The number of anilines is 1. The van der Waals surface area contributed by atoms with E-state index in [1.54, 1.807) is 18.2 Å². The Morgan fingerprint density at radius 1 is 1.17 bits per heavy atom. The largest absolute Gasteiger partial charge is 0.455 e. The van der Waals surface area contributed by atoms with Crippen LogP contribution in [-0.4, -0.2) is 42.5 Å². The molecule has 1 heterocycles. The van der Waals surface area contributed by atoms with Crippen molar-refractivity contribution in [3.8, 4) is 0 Å². The van der Waals surface area contributed by atoms with Gasteiger partial charge in [0.2, 0.25) is 0 Å². The molecule has 0 spiro atoms. The van der Waals surface area contributed by atoms with Crippen molar-refractivity contribution in [1.29, 1.82) is 0 Å². The van der Waals surface area contributed by atoms with Crippen LogP contribution < -0.4 is 10.2 Å². The lowest BCUT2D eigenvalue weighted by Crippen LogP contribution is -2.43. The molecule has 1 aromatic rings. The average Bonchev–Trinajstić information content (AvgIpc) is 2.74. The van der Waals surface area contributed by atoms with Gasteiger partial charge in [-0.15, -0.1) is 0 Å². The van der Waals surface area contributed by atoms with Crippen molar-refractivity contribution in [1.82, 2.24) is 5.32 Å². The Kier molecular flexibility index (Phi) is 7.06. The molecule has 3 rings (SSSR count). The molecule has 2 atom stereocenters. The second-order valence-corrected chi connectivity index (χ2v) is 8.05. The Morgan fingerprint density at radius 3 is 2.55 bits per heavy atom. The predicted octanol–water partition coefficient (Wildman–Crippen LogP) is 3.05. The Balaban J connectivity index is 1.44. The summed E-state index contributed by atoms with van der Waals surface area (Å²) in [5.74, 6) is -0.432. The van der Waals surface area contributed by atoms with Crippen LogP contribution in [0.15, 0.2) is 24.3 Å². The van der Waals surface area contributed by atoms with Crippen molar-refractivity contribution in [2.24, 2.45) is 11.8 Å². The summed E-state index contributed by atoms with van der Waals surface area (Å²) in [4.78, 5) is 37.2. The number of benzene rings is 1. The number of amides is 1. The number of nitrogens with one attached hydrogen (secondary N) is 1. The fourth-order valence-electron chi connectivity index (χ4n) is 4.28. The highest BCUT2D eigenvalue weighted by molar-refractivity contribution is 5.81. The Bertz CT molecular complexity index is 746. The van der Waals surface area contributed by atoms with Crippen LogP contribution in [0.5, 0.6) is 0 Å². The molecule has 0 bridgehead atoms. The van der Waals surface area contributed by atoms with Crippen molar-refractivity contribution in [3.63, 3.8) is 0 Å². The van der Waals surface area contributed by atoms with E-state index in [1.807, 2.05) is 4.90 Å². The van der Waals surface area contributed by atoms with Crippen LogP contribution >= 0.6 is 0 Å². The van der Waals surface area contributed by atoms with Crippen LogP contribution in [0.25, 0.3) is 0 Å². The van der Waals surface area contributed by atoms with E-state index < -0.39 is 0 Å². The lowest BCUT2D eigenvalue weighted by molar-refractivity contribution is -0.384. The van der Waals surface area contributed by atoms with E-state index >= 15 is 0 Å².